The van der Waals surface area contributed by atoms with Crippen molar-refractivity contribution in [2.45, 2.75) is 34.8 Å². The lowest BCUT2D eigenvalue weighted by molar-refractivity contribution is -0.342. The zero-order chi connectivity index (χ0) is 16.5. The van der Waals surface area contributed by atoms with Crippen LogP contribution in [0.25, 0.3) is 0 Å². The van der Waals surface area contributed by atoms with Crippen molar-refractivity contribution in [1.29, 1.82) is 0 Å². The third-order valence-electron chi connectivity index (χ3n) is 2.77. The molecule has 21 heavy (non-hydrogen) atoms. The highest BCUT2D eigenvalue weighted by atomic mass is 127. The van der Waals surface area contributed by atoms with Crippen LogP contribution in [-0.4, -0.2) is 21.9 Å². The van der Waals surface area contributed by atoms with Crippen molar-refractivity contribution in [3.63, 3.8) is 0 Å². The molecule has 0 aliphatic heterocycles. The van der Waals surface area contributed by atoms with E-state index in [4.69, 9.17) is 0 Å². The van der Waals surface area contributed by atoms with E-state index in [-0.39, 0.29) is 6.42 Å². The Morgan fingerprint density at radius 2 is 1.29 bits per heavy atom. The van der Waals surface area contributed by atoms with Crippen LogP contribution in [0, 0.1) is 5.82 Å². The molecule has 0 N–H and O–H groups in total. The number of hydrogen-bond acceptors (Lipinski definition) is 0. The van der Waals surface area contributed by atoms with Crippen LogP contribution in [0.3, 0.4) is 0 Å². The quantitative estimate of drug-likeness (QED) is 0.340. The fraction of sp³-hybridized carbons (Fsp3) is 0.500. The first-order chi connectivity index (χ1) is 9.37. The molecule has 1 unspecified atom stereocenters. The van der Waals surface area contributed by atoms with Crippen LogP contribution < -0.4 is 0 Å². The number of hydrogen-bond donors (Lipinski definition) is 0. The zero-order valence-electron chi connectivity index (χ0n) is 10.2. The van der Waals surface area contributed by atoms with Crippen LogP contribution >= 0.6 is 22.6 Å². The third kappa shape index (κ3) is 4.43. The van der Waals surface area contributed by atoms with Gasteiger partial charge in [-0.1, -0.05) is 34.7 Å². The highest BCUT2D eigenvalue weighted by Crippen LogP contribution is 2.49. The van der Waals surface area contributed by atoms with E-state index in [2.05, 4.69) is 0 Å². The van der Waals surface area contributed by atoms with E-state index < -0.39 is 34.2 Å². The molecule has 0 aliphatic carbocycles. The highest BCUT2D eigenvalue weighted by molar-refractivity contribution is 14.1. The summed E-state index contributed by atoms with van der Waals surface area (Å²) in [6, 6.07) is 4.49. The smallest absolute Gasteiger partial charge is 0.224 e. The van der Waals surface area contributed by atoms with Crippen LogP contribution in [0.4, 0.5) is 35.1 Å². The number of benzene rings is 1. The molecule has 0 fully saturated rings. The van der Waals surface area contributed by atoms with Crippen molar-refractivity contribution in [2.24, 2.45) is 0 Å². The Hall–Kier alpha value is -0.610. The summed E-state index contributed by atoms with van der Waals surface area (Å²) < 4.78 is 99.3. The Morgan fingerprint density at radius 3 is 1.67 bits per heavy atom. The van der Waals surface area contributed by atoms with Gasteiger partial charge in [0.1, 0.15) is 5.82 Å². The Kier molecular flexibility index (Phi) is 5.49. The fourth-order valence-corrected chi connectivity index (χ4v) is 2.76. The van der Waals surface area contributed by atoms with Crippen LogP contribution in [0.2, 0.25) is 0 Å². The fourth-order valence-electron chi connectivity index (χ4n) is 1.65. The van der Waals surface area contributed by atoms with Gasteiger partial charge in [0.05, 0.1) is 0 Å². The second kappa shape index (κ2) is 6.25. The van der Waals surface area contributed by atoms with Gasteiger partial charge in [0, 0.05) is 10.3 Å². The molecule has 0 spiro atoms. The highest BCUT2D eigenvalue weighted by Gasteiger charge is 2.72. The maximum absolute atomic E-state index is 13.5. The third-order valence-corrected chi connectivity index (χ3v) is 3.65. The van der Waals surface area contributed by atoms with Gasteiger partial charge in [-0.25, -0.2) is 8.78 Å². The van der Waals surface area contributed by atoms with Gasteiger partial charge in [0.15, 0.2) is 0 Å². The Balaban J connectivity index is 2.87. The van der Waals surface area contributed by atoms with Crippen LogP contribution in [0.1, 0.15) is 12.0 Å². The standard InChI is InChI=1S/C12H9F8I/c13-8-3-1-7(2-4-8)5-9(21)6-10(14,11(15,16)17)12(18,19)20/h1-4,9H,5-6H2. The van der Waals surface area contributed by atoms with Gasteiger partial charge in [-0.3, -0.25) is 0 Å². The SMILES string of the molecule is Fc1ccc(CC(I)CC(F)(C(F)(F)F)C(F)(F)F)cc1. The summed E-state index contributed by atoms with van der Waals surface area (Å²) in [7, 11) is 0. The molecule has 0 aliphatic rings. The molecule has 0 bridgehead atoms. The first-order valence-electron chi connectivity index (χ1n) is 5.58. The van der Waals surface area contributed by atoms with Gasteiger partial charge < -0.3 is 0 Å². The summed E-state index contributed by atoms with van der Waals surface area (Å²) in [5.74, 6) is -0.589. The lowest BCUT2D eigenvalue weighted by atomic mass is 9.95. The summed E-state index contributed by atoms with van der Waals surface area (Å²) in [5.41, 5.74) is -4.94. The predicted octanol–water partition coefficient (Wildman–Crippen LogP) is 5.39. The van der Waals surface area contributed by atoms with Crippen molar-refractivity contribution < 1.29 is 35.1 Å². The summed E-state index contributed by atoms with van der Waals surface area (Å²) in [6.45, 7) is 0. The molecule has 120 valence electrons. The maximum Gasteiger partial charge on any atom is 0.431 e. The lowest BCUT2D eigenvalue weighted by Crippen LogP contribution is -2.54. The second-order valence-electron chi connectivity index (χ2n) is 4.43. The molecule has 1 rings (SSSR count). The van der Waals surface area contributed by atoms with Gasteiger partial charge in [-0.05, 0) is 24.1 Å². The Labute approximate surface area is 128 Å². The van der Waals surface area contributed by atoms with Crippen LogP contribution in [0.5, 0.6) is 0 Å². The minimum atomic E-state index is -6.04. The molecule has 9 heteroatoms. The first kappa shape index (κ1) is 18.4. The number of rotatable bonds is 4. The van der Waals surface area contributed by atoms with Crippen LogP contribution in [-0.2, 0) is 6.42 Å². The van der Waals surface area contributed by atoms with Crippen molar-refractivity contribution in [1.82, 2.24) is 0 Å². The van der Waals surface area contributed by atoms with Gasteiger partial charge in [-0.2, -0.15) is 26.3 Å². The van der Waals surface area contributed by atoms with Gasteiger partial charge >= 0.3 is 12.4 Å². The Bertz CT molecular complexity index is 448. The average Bonchev–Trinajstić information content (AvgIpc) is 2.29. The molecule has 0 heterocycles. The molecule has 1 aromatic rings. The van der Waals surface area contributed by atoms with Crippen LogP contribution in [0.15, 0.2) is 24.3 Å². The average molecular weight is 432 g/mol. The zero-order valence-corrected chi connectivity index (χ0v) is 12.4. The first-order valence-corrected chi connectivity index (χ1v) is 6.82. The summed E-state index contributed by atoms with van der Waals surface area (Å²) >= 11 is 1.33. The van der Waals surface area contributed by atoms with Crippen molar-refractivity contribution in [3.05, 3.63) is 35.6 Å². The molecule has 0 saturated carbocycles. The maximum atomic E-state index is 13.5. The van der Waals surface area contributed by atoms with E-state index in [0.717, 1.165) is 12.1 Å². The van der Waals surface area contributed by atoms with E-state index in [1.807, 2.05) is 0 Å². The van der Waals surface area contributed by atoms with Crippen molar-refractivity contribution >= 4 is 22.6 Å². The summed E-state index contributed by atoms with van der Waals surface area (Å²) in [5, 5.41) is 0. The molecule has 0 nitrogen and oxygen atoms in total. The van der Waals surface area contributed by atoms with E-state index >= 15 is 0 Å². The minimum Gasteiger partial charge on any atom is -0.224 e. The van der Waals surface area contributed by atoms with Gasteiger partial charge in [0.25, 0.3) is 5.67 Å². The Morgan fingerprint density at radius 1 is 0.857 bits per heavy atom. The van der Waals surface area contributed by atoms with Crippen molar-refractivity contribution in [3.8, 4) is 0 Å². The summed E-state index contributed by atoms with van der Waals surface area (Å²) in [6.07, 6.45) is -14.1. The van der Waals surface area contributed by atoms with E-state index in [9.17, 15) is 35.1 Å². The second-order valence-corrected chi connectivity index (χ2v) is 6.19. The lowest BCUT2D eigenvalue weighted by Gasteiger charge is -2.31. The number of alkyl halides is 8. The normalized spacial score (nSPS) is 15.1. The van der Waals surface area contributed by atoms with Gasteiger partial charge in [0.2, 0.25) is 0 Å². The summed E-state index contributed by atoms with van der Waals surface area (Å²) in [4.78, 5) is 0. The molecule has 0 radical (unpaired) electrons. The number of halogens is 9. The largest absolute Gasteiger partial charge is 0.431 e. The predicted molar refractivity (Wildman–Crippen MR) is 68.5 cm³/mol. The van der Waals surface area contributed by atoms with E-state index in [0.29, 0.717) is 5.56 Å². The molecule has 0 aromatic heterocycles. The van der Waals surface area contributed by atoms with E-state index in [1.165, 1.54) is 34.7 Å². The molecule has 0 saturated heterocycles. The minimum absolute atomic E-state index is 0.237. The topological polar surface area (TPSA) is 0 Å². The molecular weight excluding hydrogens is 423 g/mol. The van der Waals surface area contributed by atoms with Crippen molar-refractivity contribution in [2.75, 3.05) is 0 Å². The molecule has 1 aromatic carbocycles. The van der Waals surface area contributed by atoms with E-state index in [1.54, 1.807) is 0 Å². The molecule has 0 amide bonds. The molecular formula is C12H9F8I. The van der Waals surface area contributed by atoms with Gasteiger partial charge in [-0.15, -0.1) is 0 Å². The molecule has 1 atom stereocenters. The monoisotopic (exact) mass is 432 g/mol.